The molecule has 2 nitrogen and oxygen atoms in total. The largest absolute Gasteiger partial charge is 0.375 e. The summed E-state index contributed by atoms with van der Waals surface area (Å²) in [5.74, 6) is 0. The monoisotopic (exact) mass is 295 g/mol. The first-order valence-electron chi connectivity index (χ1n) is 5.33. The van der Waals surface area contributed by atoms with Crippen molar-refractivity contribution in [3.05, 3.63) is 0 Å². The Hall–Kier alpha value is 0.650. The molecule has 2 fully saturated rings. The maximum Gasteiger partial charge on any atom is 0.0730 e. The number of hydrogen-bond acceptors (Lipinski definition) is 2. The van der Waals surface area contributed by atoms with Crippen molar-refractivity contribution >= 4 is 22.6 Å². The second-order valence-corrected chi connectivity index (χ2v) is 5.06. The van der Waals surface area contributed by atoms with Crippen LogP contribution in [0.4, 0.5) is 0 Å². The lowest BCUT2D eigenvalue weighted by Gasteiger charge is -2.37. The molecule has 0 aromatic heterocycles. The average molecular weight is 295 g/mol. The van der Waals surface area contributed by atoms with Crippen molar-refractivity contribution in [1.82, 2.24) is 4.90 Å². The first-order valence-corrected chi connectivity index (χ1v) is 6.86. The lowest BCUT2D eigenvalue weighted by Crippen LogP contribution is -2.48. The first-order chi connectivity index (χ1) is 6.42. The highest BCUT2D eigenvalue weighted by molar-refractivity contribution is 14.1. The van der Waals surface area contributed by atoms with Crippen LogP contribution in [0.1, 0.15) is 25.7 Å². The fourth-order valence-corrected chi connectivity index (χ4v) is 2.89. The molecule has 3 heteroatoms. The molecule has 2 atom stereocenters. The molecule has 76 valence electrons. The third kappa shape index (κ3) is 2.36. The van der Waals surface area contributed by atoms with E-state index in [0.717, 1.165) is 19.2 Å². The molecule has 0 amide bonds. The molecule has 1 saturated carbocycles. The molecular formula is C10H18INO. The molecular weight excluding hydrogens is 277 g/mol. The van der Waals surface area contributed by atoms with E-state index in [2.05, 4.69) is 27.5 Å². The summed E-state index contributed by atoms with van der Waals surface area (Å²) >= 11 is 2.47. The predicted molar refractivity (Wildman–Crippen MR) is 62.5 cm³/mol. The van der Waals surface area contributed by atoms with E-state index in [9.17, 15) is 0 Å². The maximum atomic E-state index is 5.77. The summed E-state index contributed by atoms with van der Waals surface area (Å²) in [5, 5.41) is 0. The van der Waals surface area contributed by atoms with Crippen molar-refractivity contribution in [3.8, 4) is 0 Å². The normalized spacial score (nSPS) is 34.8. The molecule has 1 heterocycles. The Morgan fingerprint density at radius 2 is 2.31 bits per heavy atom. The summed E-state index contributed by atoms with van der Waals surface area (Å²) in [7, 11) is 0. The molecule has 1 aliphatic heterocycles. The van der Waals surface area contributed by atoms with Crippen LogP contribution < -0.4 is 0 Å². The van der Waals surface area contributed by atoms with Crippen LogP contribution in [0.2, 0.25) is 0 Å². The Kier molecular flexibility index (Phi) is 3.86. The molecule has 0 bridgehead atoms. The number of alkyl halides is 1. The van der Waals surface area contributed by atoms with E-state index in [1.165, 1.54) is 36.7 Å². The molecule has 0 unspecified atom stereocenters. The second-order valence-electron chi connectivity index (χ2n) is 3.99. The summed E-state index contributed by atoms with van der Waals surface area (Å²) in [6, 6.07) is 0.761. The highest BCUT2D eigenvalue weighted by atomic mass is 127. The molecule has 1 aliphatic carbocycles. The van der Waals surface area contributed by atoms with Gasteiger partial charge in [0.1, 0.15) is 0 Å². The summed E-state index contributed by atoms with van der Waals surface area (Å²) in [6.45, 7) is 3.41. The molecule has 13 heavy (non-hydrogen) atoms. The second kappa shape index (κ2) is 4.94. The van der Waals surface area contributed by atoms with E-state index in [0.29, 0.717) is 6.10 Å². The molecule has 0 aromatic rings. The zero-order valence-electron chi connectivity index (χ0n) is 8.04. The number of ether oxygens (including phenoxy) is 1. The molecule has 2 aliphatic rings. The smallest absolute Gasteiger partial charge is 0.0730 e. The number of nitrogens with zero attached hydrogens (tertiary/aromatic N) is 1. The van der Waals surface area contributed by atoms with Crippen molar-refractivity contribution in [2.24, 2.45) is 0 Å². The van der Waals surface area contributed by atoms with Crippen LogP contribution in [0, 0.1) is 0 Å². The van der Waals surface area contributed by atoms with Crippen LogP contribution in [0.15, 0.2) is 0 Å². The van der Waals surface area contributed by atoms with Gasteiger partial charge in [0.25, 0.3) is 0 Å². The summed E-state index contributed by atoms with van der Waals surface area (Å²) in [6.07, 6.45) is 5.94. The highest BCUT2D eigenvalue weighted by Crippen LogP contribution is 2.29. The van der Waals surface area contributed by atoms with Crippen LogP contribution in [-0.4, -0.2) is 41.2 Å². The van der Waals surface area contributed by atoms with E-state index < -0.39 is 0 Å². The number of morpholine rings is 1. The van der Waals surface area contributed by atoms with Gasteiger partial charge < -0.3 is 4.74 Å². The first kappa shape index (κ1) is 10.2. The van der Waals surface area contributed by atoms with Crippen molar-refractivity contribution in [3.63, 3.8) is 0 Å². The van der Waals surface area contributed by atoms with E-state index in [1.807, 2.05) is 0 Å². The minimum atomic E-state index is 0.572. The zero-order valence-corrected chi connectivity index (χ0v) is 10.2. The predicted octanol–water partition coefficient (Wildman–Crippen LogP) is 2.06. The van der Waals surface area contributed by atoms with Gasteiger partial charge in [0.15, 0.2) is 0 Å². The maximum absolute atomic E-state index is 5.77. The van der Waals surface area contributed by atoms with E-state index >= 15 is 0 Å². The van der Waals surface area contributed by atoms with Crippen LogP contribution >= 0.6 is 22.6 Å². The van der Waals surface area contributed by atoms with Gasteiger partial charge in [0.2, 0.25) is 0 Å². The van der Waals surface area contributed by atoms with Gasteiger partial charge in [-0.15, -0.1) is 0 Å². The highest BCUT2D eigenvalue weighted by Gasteiger charge is 2.35. The third-order valence-electron chi connectivity index (χ3n) is 3.18. The molecule has 0 radical (unpaired) electrons. The van der Waals surface area contributed by atoms with Gasteiger partial charge in [-0.1, -0.05) is 22.6 Å². The van der Waals surface area contributed by atoms with Crippen LogP contribution in [-0.2, 0) is 4.74 Å². The van der Waals surface area contributed by atoms with Gasteiger partial charge in [0.05, 0.1) is 12.7 Å². The summed E-state index contributed by atoms with van der Waals surface area (Å²) in [5.41, 5.74) is 0. The topological polar surface area (TPSA) is 12.5 Å². The molecule has 0 spiro atoms. The van der Waals surface area contributed by atoms with Crippen molar-refractivity contribution in [1.29, 1.82) is 0 Å². The van der Waals surface area contributed by atoms with Gasteiger partial charge >= 0.3 is 0 Å². The molecule has 2 rings (SSSR count). The lowest BCUT2D eigenvalue weighted by molar-refractivity contribution is -0.0551. The van der Waals surface area contributed by atoms with E-state index in [1.54, 1.807) is 0 Å². The fourth-order valence-electron chi connectivity index (χ4n) is 2.55. The van der Waals surface area contributed by atoms with E-state index in [-0.39, 0.29) is 0 Å². The Bertz CT molecular complexity index is 165. The molecule has 1 saturated heterocycles. The standard InChI is InChI=1S/C10H18INO/c11-5-2-6-12-7-8-13-10-4-1-3-9(10)12/h9-10H,1-8H2/t9-,10+/m1/s1. The third-order valence-corrected chi connectivity index (χ3v) is 3.94. The number of hydrogen-bond donors (Lipinski definition) is 0. The Labute approximate surface area is 94.1 Å². The van der Waals surface area contributed by atoms with Gasteiger partial charge in [-0.05, 0) is 32.2 Å². The lowest BCUT2D eigenvalue weighted by atomic mass is 10.1. The van der Waals surface area contributed by atoms with Crippen molar-refractivity contribution in [2.45, 2.75) is 37.8 Å². The number of halogens is 1. The average Bonchev–Trinajstić information content (AvgIpc) is 2.62. The van der Waals surface area contributed by atoms with Crippen LogP contribution in [0.25, 0.3) is 0 Å². The quantitative estimate of drug-likeness (QED) is 0.584. The van der Waals surface area contributed by atoms with Crippen molar-refractivity contribution in [2.75, 3.05) is 24.1 Å². The number of rotatable bonds is 3. The van der Waals surface area contributed by atoms with Crippen LogP contribution in [0.5, 0.6) is 0 Å². The van der Waals surface area contributed by atoms with Gasteiger partial charge in [-0.2, -0.15) is 0 Å². The van der Waals surface area contributed by atoms with Crippen molar-refractivity contribution < 1.29 is 4.74 Å². The summed E-state index contributed by atoms with van der Waals surface area (Å²) < 4.78 is 7.05. The number of fused-ring (bicyclic) bond motifs is 1. The minimum Gasteiger partial charge on any atom is -0.375 e. The molecule has 0 N–H and O–H groups in total. The Morgan fingerprint density at radius 1 is 1.38 bits per heavy atom. The minimum absolute atomic E-state index is 0.572. The SMILES string of the molecule is ICCCN1CCO[C@H]2CCC[C@H]21. The summed E-state index contributed by atoms with van der Waals surface area (Å²) in [4.78, 5) is 2.65. The Balaban J connectivity index is 1.86. The Morgan fingerprint density at radius 3 is 3.15 bits per heavy atom. The van der Waals surface area contributed by atoms with Gasteiger partial charge in [0, 0.05) is 17.0 Å². The zero-order chi connectivity index (χ0) is 9.10. The fraction of sp³-hybridized carbons (Fsp3) is 1.00. The van der Waals surface area contributed by atoms with Crippen LogP contribution in [0.3, 0.4) is 0 Å². The van der Waals surface area contributed by atoms with E-state index in [4.69, 9.17) is 4.74 Å². The van der Waals surface area contributed by atoms with Gasteiger partial charge in [-0.25, -0.2) is 0 Å². The molecule has 0 aromatic carbocycles. The van der Waals surface area contributed by atoms with Gasteiger partial charge in [-0.3, -0.25) is 4.90 Å².